The molecule has 1 saturated heterocycles. The summed E-state index contributed by atoms with van der Waals surface area (Å²) in [5.74, 6) is 1.29. The molecule has 0 aliphatic carbocycles. The van der Waals surface area contributed by atoms with Crippen molar-refractivity contribution < 1.29 is 9.53 Å². The van der Waals surface area contributed by atoms with Crippen LogP contribution in [0.4, 0.5) is 5.82 Å². The molecule has 0 saturated carbocycles. The predicted molar refractivity (Wildman–Crippen MR) is 120 cm³/mol. The molecular formula is C23H23N7O2. The van der Waals surface area contributed by atoms with Gasteiger partial charge in [-0.2, -0.15) is 4.68 Å². The van der Waals surface area contributed by atoms with Crippen LogP contribution in [0.2, 0.25) is 0 Å². The van der Waals surface area contributed by atoms with Crippen LogP contribution in [0.5, 0.6) is 5.75 Å². The first-order valence-corrected chi connectivity index (χ1v) is 10.5. The SMILES string of the molecule is COc1ccccc1C(=O)N1CCN(c2ncnc3c2nnn3-c2ccc(C)cc2)CC1. The number of carbonyl (C=O) groups is 1. The van der Waals surface area contributed by atoms with Gasteiger partial charge in [0.2, 0.25) is 0 Å². The average Bonchev–Trinajstić information content (AvgIpc) is 3.28. The lowest BCUT2D eigenvalue weighted by atomic mass is 10.1. The van der Waals surface area contributed by atoms with E-state index in [0.717, 1.165) is 11.5 Å². The minimum atomic E-state index is -0.0275. The second-order valence-electron chi connectivity index (χ2n) is 7.69. The highest BCUT2D eigenvalue weighted by Crippen LogP contribution is 2.25. The maximum atomic E-state index is 13.0. The van der Waals surface area contributed by atoms with Gasteiger partial charge in [-0.25, -0.2) is 9.97 Å². The Bertz CT molecular complexity index is 1260. The molecule has 162 valence electrons. The quantitative estimate of drug-likeness (QED) is 0.492. The predicted octanol–water partition coefficient (Wildman–Crippen LogP) is 2.49. The van der Waals surface area contributed by atoms with E-state index in [1.54, 1.807) is 23.9 Å². The zero-order valence-electron chi connectivity index (χ0n) is 18.0. The lowest BCUT2D eigenvalue weighted by Crippen LogP contribution is -2.49. The molecule has 1 fully saturated rings. The molecule has 1 aliphatic heterocycles. The van der Waals surface area contributed by atoms with E-state index >= 15 is 0 Å². The maximum absolute atomic E-state index is 13.0. The first kappa shape index (κ1) is 19.9. The van der Waals surface area contributed by atoms with Gasteiger partial charge in [0.15, 0.2) is 17.0 Å². The molecule has 0 unspecified atom stereocenters. The molecule has 9 nitrogen and oxygen atoms in total. The first-order valence-electron chi connectivity index (χ1n) is 10.5. The Morgan fingerprint density at radius 3 is 2.47 bits per heavy atom. The van der Waals surface area contributed by atoms with Crippen LogP contribution in [0.25, 0.3) is 16.9 Å². The second-order valence-corrected chi connectivity index (χ2v) is 7.69. The van der Waals surface area contributed by atoms with Gasteiger partial charge in [0.25, 0.3) is 5.91 Å². The molecule has 0 N–H and O–H groups in total. The van der Waals surface area contributed by atoms with Gasteiger partial charge in [-0.05, 0) is 31.2 Å². The van der Waals surface area contributed by atoms with Crippen molar-refractivity contribution in [1.29, 1.82) is 0 Å². The van der Waals surface area contributed by atoms with Crippen molar-refractivity contribution in [2.24, 2.45) is 0 Å². The molecule has 9 heteroatoms. The van der Waals surface area contributed by atoms with E-state index in [9.17, 15) is 4.79 Å². The van der Waals surface area contributed by atoms with E-state index in [2.05, 4.69) is 25.2 Å². The van der Waals surface area contributed by atoms with E-state index in [4.69, 9.17) is 4.74 Å². The Morgan fingerprint density at radius 2 is 1.72 bits per heavy atom. The van der Waals surface area contributed by atoms with Crippen molar-refractivity contribution in [3.8, 4) is 11.4 Å². The molecule has 0 atom stereocenters. The molecule has 32 heavy (non-hydrogen) atoms. The number of hydrogen-bond donors (Lipinski definition) is 0. The number of amides is 1. The molecule has 0 bridgehead atoms. The molecular weight excluding hydrogens is 406 g/mol. The number of benzene rings is 2. The van der Waals surface area contributed by atoms with Crippen LogP contribution < -0.4 is 9.64 Å². The molecule has 1 amide bonds. The lowest BCUT2D eigenvalue weighted by molar-refractivity contribution is 0.0743. The van der Waals surface area contributed by atoms with E-state index in [-0.39, 0.29) is 5.91 Å². The van der Waals surface area contributed by atoms with Crippen LogP contribution in [0.1, 0.15) is 15.9 Å². The number of methoxy groups -OCH3 is 1. The third-order valence-electron chi connectivity index (χ3n) is 5.70. The highest BCUT2D eigenvalue weighted by atomic mass is 16.5. The van der Waals surface area contributed by atoms with Crippen molar-refractivity contribution in [1.82, 2.24) is 29.9 Å². The number of rotatable bonds is 4. The molecule has 0 radical (unpaired) electrons. The van der Waals surface area contributed by atoms with E-state index < -0.39 is 0 Å². The van der Waals surface area contributed by atoms with Crippen molar-refractivity contribution >= 4 is 22.9 Å². The Kier molecular flexibility index (Phi) is 5.14. The third-order valence-corrected chi connectivity index (χ3v) is 5.70. The maximum Gasteiger partial charge on any atom is 0.257 e. The summed E-state index contributed by atoms with van der Waals surface area (Å²) in [4.78, 5) is 25.9. The van der Waals surface area contributed by atoms with Gasteiger partial charge in [0.05, 0.1) is 18.4 Å². The average molecular weight is 429 g/mol. The van der Waals surface area contributed by atoms with Crippen LogP contribution in [0, 0.1) is 6.92 Å². The van der Waals surface area contributed by atoms with Gasteiger partial charge in [-0.3, -0.25) is 4.79 Å². The van der Waals surface area contributed by atoms with Crippen LogP contribution in [0.3, 0.4) is 0 Å². The van der Waals surface area contributed by atoms with Crippen molar-refractivity contribution in [3.05, 3.63) is 66.0 Å². The van der Waals surface area contributed by atoms with Crippen molar-refractivity contribution in [2.75, 3.05) is 38.2 Å². The summed E-state index contributed by atoms with van der Waals surface area (Å²) < 4.78 is 7.07. The summed E-state index contributed by atoms with van der Waals surface area (Å²) >= 11 is 0. The number of anilines is 1. The lowest BCUT2D eigenvalue weighted by Gasteiger charge is -2.35. The first-order chi connectivity index (χ1) is 15.7. The fraction of sp³-hybridized carbons (Fsp3) is 0.261. The standard InChI is InChI=1S/C23H23N7O2/c1-16-7-9-17(10-8-16)30-22-20(26-27-30)21(24-15-25-22)28-11-13-29(14-12-28)23(31)18-5-3-4-6-19(18)32-2/h3-10,15H,11-14H2,1-2H3. The third kappa shape index (κ3) is 3.51. The number of aryl methyl sites for hydroxylation is 1. The molecule has 2 aromatic carbocycles. The van der Waals surface area contributed by atoms with Gasteiger partial charge in [-0.15, -0.1) is 5.10 Å². The van der Waals surface area contributed by atoms with Crippen LogP contribution in [-0.2, 0) is 0 Å². The zero-order chi connectivity index (χ0) is 22.1. The molecule has 2 aromatic heterocycles. The Morgan fingerprint density at radius 1 is 0.969 bits per heavy atom. The summed E-state index contributed by atoms with van der Waals surface area (Å²) in [7, 11) is 1.58. The second kappa shape index (κ2) is 8.26. The molecule has 1 aliphatic rings. The molecule has 4 aromatic rings. The monoisotopic (exact) mass is 429 g/mol. The molecule has 5 rings (SSSR count). The van der Waals surface area contributed by atoms with Gasteiger partial charge in [0.1, 0.15) is 12.1 Å². The number of hydrogen-bond acceptors (Lipinski definition) is 7. The summed E-state index contributed by atoms with van der Waals surface area (Å²) in [5.41, 5.74) is 3.96. The number of ether oxygens (including phenoxy) is 1. The van der Waals surface area contributed by atoms with Crippen molar-refractivity contribution in [3.63, 3.8) is 0 Å². The van der Waals surface area contributed by atoms with Crippen molar-refractivity contribution in [2.45, 2.75) is 6.92 Å². The molecule has 3 heterocycles. The Balaban J connectivity index is 1.36. The van der Waals surface area contributed by atoms with Gasteiger partial charge < -0.3 is 14.5 Å². The minimum absolute atomic E-state index is 0.0275. The number of aromatic nitrogens is 5. The zero-order valence-corrected chi connectivity index (χ0v) is 18.0. The Labute approximate surface area is 185 Å². The number of carbonyl (C=O) groups excluding carboxylic acids is 1. The number of nitrogens with zero attached hydrogens (tertiary/aromatic N) is 7. The highest BCUT2D eigenvalue weighted by Gasteiger charge is 2.26. The van der Waals surface area contributed by atoms with E-state index in [1.807, 2.05) is 48.2 Å². The number of piperazine rings is 1. The Hall–Kier alpha value is -4.01. The van der Waals surface area contributed by atoms with Crippen LogP contribution in [0.15, 0.2) is 54.9 Å². The van der Waals surface area contributed by atoms with Gasteiger partial charge in [0, 0.05) is 26.2 Å². The largest absolute Gasteiger partial charge is 0.496 e. The summed E-state index contributed by atoms with van der Waals surface area (Å²) in [5, 5.41) is 8.68. The topological polar surface area (TPSA) is 89.3 Å². The van der Waals surface area contributed by atoms with Gasteiger partial charge in [-0.1, -0.05) is 35.0 Å². The number of para-hydroxylation sites is 1. The summed E-state index contributed by atoms with van der Waals surface area (Å²) in [6.07, 6.45) is 1.54. The fourth-order valence-electron chi connectivity index (χ4n) is 3.94. The van der Waals surface area contributed by atoms with Crippen LogP contribution >= 0.6 is 0 Å². The minimum Gasteiger partial charge on any atom is -0.496 e. The smallest absolute Gasteiger partial charge is 0.257 e. The normalized spacial score (nSPS) is 14.1. The van der Waals surface area contributed by atoms with Crippen LogP contribution in [-0.4, -0.2) is 69.1 Å². The molecule has 0 spiro atoms. The van der Waals surface area contributed by atoms with E-state index in [1.165, 1.54) is 11.9 Å². The highest BCUT2D eigenvalue weighted by molar-refractivity contribution is 5.97. The van der Waals surface area contributed by atoms with Gasteiger partial charge >= 0.3 is 0 Å². The van der Waals surface area contributed by atoms with E-state index in [0.29, 0.717) is 48.7 Å². The number of fused-ring (bicyclic) bond motifs is 1. The fourth-order valence-corrected chi connectivity index (χ4v) is 3.94. The summed E-state index contributed by atoms with van der Waals surface area (Å²) in [6.45, 7) is 4.49. The summed E-state index contributed by atoms with van der Waals surface area (Å²) in [6, 6.07) is 15.4.